The molecule has 11 heteroatoms. The van der Waals surface area contributed by atoms with Crippen LogP contribution in [0, 0.1) is 5.82 Å². The lowest BCUT2D eigenvalue weighted by Crippen LogP contribution is -2.44. The van der Waals surface area contributed by atoms with Gasteiger partial charge in [0.2, 0.25) is 0 Å². The van der Waals surface area contributed by atoms with Crippen LogP contribution in [0.1, 0.15) is 5.56 Å². The minimum absolute atomic E-state index is 0.0309. The number of rotatable bonds is 10. The van der Waals surface area contributed by atoms with E-state index in [0.717, 1.165) is 30.2 Å². The van der Waals surface area contributed by atoms with E-state index in [4.69, 9.17) is 32.5 Å². The third-order valence-electron chi connectivity index (χ3n) is 5.87. The molecule has 2 aromatic rings. The summed E-state index contributed by atoms with van der Waals surface area (Å²) in [6.07, 6.45) is 1.12. The van der Waals surface area contributed by atoms with Crippen LogP contribution in [0.15, 0.2) is 58.2 Å². The first-order valence-electron chi connectivity index (χ1n) is 11.2. The predicted octanol–water partition coefficient (Wildman–Crippen LogP) is 3.37. The molecule has 4 rings (SSSR count). The zero-order valence-corrected chi connectivity index (χ0v) is 21.3. The van der Waals surface area contributed by atoms with Crippen LogP contribution < -0.4 is 21.3 Å². The fraction of sp³-hybridized carbons (Fsp3) is 0.375. The third-order valence-corrected chi connectivity index (χ3v) is 7.29. The Labute approximate surface area is 214 Å². The monoisotopic (exact) mass is 520 g/mol. The van der Waals surface area contributed by atoms with E-state index >= 15 is 0 Å². The highest BCUT2D eigenvalue weighted by Gasteiger charge is 2.38. The molecule has 0 radical (unpaired) electrons. The molecule has 188 valence electrons. The minimum Gasteiger partial charge on any atom is -0.383 e. The Bertz CT molecular complexity index is 1080. The first-order chi connectivity index (χ1) is 16.9. The fourth-order valence-corrected chi connectivity index (χ4v) is 5.26. The maximum Gasteiger partial charge on any atom is 0.150 e. The summed E-state index contributed by atoms with van der Waals surface area (Å²) in [6.45, 7) is 3.78. The summed E-state index contributed by atoms with van der Waals surface area (Å²) < 4.78 is 24.1. The van der Waals surface area contributed by atoms with Gasteiger partial charge >= 0.3 is 0 Å². The lowest BCUT2D eigenvalue weighted by Gasteiger charge is -2.31. The Kier molecular flexibility index (Phi) is 8.66. The Hall–Kier alpha value is -2.18. The van der Waals surface area contributed by atoms with Crippen molar-refractivity contribution in [2.24, 2.45) is 16.5 Å². The standard InChI is InChI=1S/C24H30ClFN6O2S/c1-33-11-9-30(10-12-34-2)14-16-3-5-17(6-4-16)32-23-21(35-24(32)28)22(27)31(15-29-23)18-7-8-20(26)19(25)13-18/h3-8,13,15,22,24H,9-12,14,27-28H2,1-2H3. The minimum atomic E-state index is -0.514. The van der Waals surface area contributed by atoms with Gasteiger partial charge in [0.25, 0.3) is 0 Å². The average molecular weight is 521 g/mol. The molecule has 35 heavy (non-hydrogen) atoms. The largest absolute Gasteiger partial charge is 0.383 e. The van der Waals surface area contributed by atoms with Gasteiger partial charge in [0.1, 0.15) is 23.3 Å². The second-order valence-corrected chi connectivity index (χ2v) is 9.76. The van der Waals surface area contributed by atoms with Crippen LogP contribution in [0.3, 0.4) is 0 Å². The number of nitrogens with zero attached hydrogens (tertiary/aromatic N) is 4. The van der Waals surface area contributed by atoms with Crippen LogP contribution in [0.2, 0.25) is 5.02 Å². The highest BCUT2D eigenvalue weighted by molar-refractivity contribution is 8.04. The summed E-state index contributed by atoms with van der Waals surface area (Å²) in [6, 6.07) is 12.8. The van der Waals surface area contributed by atoms with Gasteiger partial charge in [-0.25, -0.2) is 9.38 Å². The number of halogens is 2. The van der Waals surface area contributed by atoms with Crippen molar-refractivity contribution in [2.75, 3.05) is 50.3 Å². The number of methoxy groups -OCH3 is 2. The number of benzene rings is 2. The first kappa shape index (κ1) is 25.9. The van der Waals surface area contributed by atoms with E-state index in [-0.39, 0.29) is 10.5 Å². The molecule has 2 heterocycles. The molecule has 8 nitrogen and oxygen atoms in total. The second-order valence-electron chi connectivity index (χ2n) is 8.19. The van der Waals surface area contributed by atoms with Crippen molar-refractivity contribution in [3.63, 3.8) is 0 Å². The van der Waals surface area contributed by atoms with E-state index < -0.39 is 12.0 Å². The van der Waals surface area contributed by atoms with Gasteiger partial charge in [0, 0.05) is 45.2 Å². The molecular formula is C24H30ClFN6O2S. The van der Waals surface area contributed by atoms with Gasteiger partial charge < -0.3 is 25.8 Å². The molecule has 4 N–H and O–H groups in total. The number of ether oxygens (including phenoxy) is 2. The molecule has 0 amide bonds. The lowest BCUT2D eigenvalue weighted by atomic mass is 10.1. The van der Waals surface area contributed by atoms with Gasteiger partial charge in [-0.05, 0) is 35.9 Å². The molecule has 0 spiro atoms. The summed E-state index contributed by atoms with van der Waals surface area (Å²) in [5, 5.41) is 0.0309. The maximum absolute atomic E-state index is 13.6. The van der Waals surface area contributed by atoms with Crippen molar-refractivity contribution in [3.05, 3.63) is 69.6 Å². The van der Waals surface area contributed by atoms with Gasteiger partial charge in [-0.1, -0.05) is 35.5 Å². The zero-order chi connectivity index (χ0) is 24.9. The van der Waals surface area contributed by atoms with Gasteiger partial charge in [0.15, 0.2) is 0 Å². The number of hydrogen-bond donors (Lipinski definition) is 2. The van der Waals surface area contributed by atoms with Gasteiger partial charge in [-0.3, -0.25) is 9.80 Å². The molecule has 2 atom stereocenters. The van der Waals surface area contributed by atoms with Crippen LogP contribution in [0.25, 0.3) is 0 Å². The van der Waals surface area contributed by atoms with E-state index in [1.165, 1.54) is 29.5 Å². The fourth-order valence-electron chi connectivity index (χ4n) is 3.99. The van der Waals surface area contributed by atoms with Crippen molar-refractivity contribution < 1.29 is 13.9 Å². The van der Waals surface area contributed by atoms with Crippen molar-refractivity contribution in [3.8, 4) is 0 Å². The van der Waals surface area contributed by atoms with Gasteiger partial charge in [-0.15, -0.1) is 0 Å². The van der Waals surface area contributed by atoms with Crippen molar-refractivity contribution in [2.45, 2.75) is 18.2 Å². The Morgan fingerprint density at radius 2 is 1.71 bits per heavy atom. The topological polar surface area (TPSA) is 92.6 Å². The van der Waals surface area contributed by atoms with Gasteiger partial charge in [0.05, 0.1) is 29.5 Å². The van der Waals surface area contributed by atoms with Crippen molar-refractivity contribution >= 4 is 41.1 Å². The number of hydrogen-bond acceptors (Lipinski definition) is 9. The molecular weight excluding hydrogens is 491 g/mol. The normalized spacial score (nSPS) is 19.7. The molecule has 2 unspecified atom stereocenters. The number of thioether (sulfide) groups is 1. The van der Waals surface area contributed by atoms with E-state index in [2.05, 4.69) is 22.0 Å². The summed E-state index contributed by atoms with van der Waals surface area (Å²) >= 11 is 7.42. The smallest absolute Gasteiger partial charge is 0.150 e. The highest BCUT2D eigenvalue weighted by Crippen LogP contribution is 2.43. The molecule has 0 saturated heterocycles. The molecule has 2 aromatic carbocycles. The van der Waals surface area contributed by atoms with Crippen LogP contribution in [-0.2, 0) is 16.0 Å². The molecule has 0 aliphatic carbocycles. The summed E-state index contributed by atoms with van der Waals surface area (Å²) in [5.41, 5.74) is 15.4. The first-order valence-corrected chi connectivity index (χ1v) is 12.5. The average Bonchev–Trinajstić information content (AvgIpc) is 3.20. The van der Waals surface area contributed by atoms with Crippen molar-refractivity contribution in [1.29, 1.82) is 0 Å². The summed E-state index contributed by atoms with van der Waals surface area (Å²) in [7, 11) is 3.41. The lowest BCUT2D eigenvalue weighted by molar-refractivity contribution is 0.110. The SMILES string of the molecule is COCCN(CCOC)Cc1ccc(N2C3=C(SC2N)C(N)N(c2ccc(F)c(Cl)c2)C=N3)cc1. The molecule has 0 bridgehead atoms. The number of anilines is 2. The molecule has 0 aromatic heterocycles. The van der Waals surface area contributed by atoms with E-state index in [9.17, 15) is 4.39 Å². The molecule has 2 aliphatic heterocycles. The van der Waals surface area contributed by atoms with Crippen molar-refractivity contribution in [1.82, 2.24) is 4.90 Å². The number of nitrogens with two attached hydrogens (primary N) is 2. The Morgan fingerprint density at radius 3 is 2.34 bits per heavy atom. The quantitative estimate of drug-likeness (QED) is 0.492. The summed E-state index contributed by atoms with van der Waals surface area (Å²) in [5.74, 6) is 0.235. The Morgan fingerprint density at radius 1 is 1.06 bits per heavy atom. The zero-order valence-electron chi connectivity index (χ0n) is 19.7. The second kappa shape index (κ2) is 11.7. The Balaban J connectivity index is 1.50. The third kappa shape index (κ3) is 5.80. The molecule has 2 aliphatic rings. The van der Waals surface area contributed by atoms with E-state index in [1.807, 2.05) is 17.0 Å². The van der Waals surface area contributed by atoms with Crippen LogP contribution in [0.5, 0.6) is 0 Å². The maximum atomic E-state index is 13.6. The van der Waals surface area contributed by atoms with E-state index in [0.29, 0.717) is 24.7 Å². The van der Waals surface area contributed by atoms with Gasteiger partial charge in [-0.2, -0.15) is 0 Å². The molecule has 0 saturated carbocycles. The van der Waals surface area contributed by atoms with Crippen LogP contribution in [-0.4, -0.2) is 63.4 Å². The van der Waals surface area contributed by atoms with Crippen LogP contribution >= 0.6 is 23.4 Å². The number of aliphatic imine (C=N–C) groups is 1. The predicted molar refractivity (Wildman–Crippen MR) is 141 cm³/mol. The highest BCUT2D eigenvalue weighted by atomic mass is 35.5. The van der Waals surface area contributed by atoms with Crippen LogP contribution in [0.4, 0.5) is 15.8 Å². The van der Waals surface area contributed by atoms with E-state index in [1.54, 1.807) is 31.5 Å². The summed E-state index contributed by atoms with van der Waals surface area (Å²) in [4.78, 5) is 11.5. The molecule has 0 fully saturated rings.